The van der Waals surface area contributed by atoms with E-state index in [2.05, 4.69) is 15.3 Å². The van der Waals surface area contributed by atoms with Crippen molar-refractivity contribution in [1.82, 2.24) is 15.0 Å². The summed E-state index contributed by atoms with van der Waals surface area (Å²) in [6, 6.07) is 5.32. The number of anilines is 2. The highest BCUT2D eigenvalue weighted by atomic mass is 32.2. The first-order valence-corrected chi connectivity index (χ1v) is 15.3. The number of esters is 1. The molecule has 2 aliphatic heterocycles. The topological polar surface area (TPSA) is 146 Å². The van der Waals surface area contributed by atoms with E-state index < -0.39 is 21.0 Å². The molecule has 3 aromatic rings. The second-order valence-electron chi connectivity index (χ2n) is 12.1. The summed E-state index contributed by atoms with van der Waals surface area (Å²) < 4.78 is 36.4. The normalized spacial score (nSPS) is 22.4. The van der Waals surface area contributed by atoms with Crippen molar-refractivity contribution in [2.75, 3.05) is 11.1 Å². The van der Waals surface area contributed by atoms with Crippen LogP contribution in [0.15, 0.2) is 30.6 Å². The Hall–Kier alpha value is -3.31. The first-order chi connectivity index (χ1) is 18.7. The Labute approximate surface area is 235 Å². The van der Waals surface area contributed by atoms with Crippen molar-refractivity contribution >= 4 is 38.2 Å². The van der Waals surface area contributed by atoms with Gasteiger partial charge in [0.05, 0.1) is 33.8 Å². The second kappa shape index (κ2) is 9.95. The molecule has 0 bridgehead atoms. The van der Waals surface area contributed by atoms with Crippen molar-refractivity contribution < 1.29 is 22.7 Å². The van der Waals surface area contributed by atoms with Gasteiger partial charge in [-0.05, 0) is 76.6 Å². The fraction of sp³-hybridized carbons (Fsp3) is 0.517. The molecule has 3 N–H and O–H groups in total. The van der Waals surface area contributed by atoms with E-state index >= 15 is 0 Å². The summed E-state index contributed by atoms with van der Waals surface area (Å²) in [6.45, 7) is 11.4. The first-order valence-electron chi connectivity index (χ1n) is 13.6. The number of carbonyl (C=O) groups is 1. The van der Waals surface area contributed by atoms with E-state index in [0.29, 0.717) is 53.4 Å². The molecule has 5 heterocycles. The Morgan fingerprint density at radius 3 is 2.62 bits per heavy atom. The Balaban J connectivity index is 1.46. The largest absolute Gasteiger partial charge is 0.474 e. The fourth-order valence-electron chi connectivity index (χ4n) is 5.41. The van der Waals surface area contributed by atoms with Crippen LogP contribution in [0.3, 0.4) is 0 Å². The third-order valence-corrected chi connectivity index (χ3v) is 10.3. The Bertz CT molecular complexity index is 1580. The lowest BCUT2D eigenvalue weighted by atomic mass is 9.84. The lowest BCUT2D eigenvalue weighted by Crippen LogP contribution is -2.39. The van der Waals surface area contributed by atoms with E-state index in [-0.39, 0.29) is 29.0 Å². The van der Waals surface area contributed by atoms with Crippen molar-refractivity contribution in [3.8, 4) is 5.88 Å². The zero-order chi connectivity index (χ0) is 29.0. The summed E-state index contributed by atoms with van der Waals surface area (Å²) in [5.41, 5.74) is 7.08. The standard InChI is InChI=1S/C29H37N5O5S/c1-16(12-18-8-7-11-40(18,36)37)38-26-21-14-31-24(13-20(21)22(15-32-26)28(3,4)30)33-23-10-9-19-25(34-23)17(2)29(5,6)39-27(19)35/h9-10,13-18H,7-8,11-12,30H2,1-6H3,(H,31,33,34)/t16-,17+,18+/m0/s1. The Morgan fingerprint density at radius 1 is 1.20 bits per heavy atom. The molecule has 0 aromatic carbocycles. The summed E-state index contributed by atoms with van der Waals surface area (Å²) in [6.07, 6.45) is 4.80. The summed E-state index contributed by atoms with van der Waals surface area (Å²) in [7, 11) is -3.07. The van der Waals surface area contributed by atoms with Crippen molar-refractivity contribution in [2.45, 2.75) is 89.2 Å². The number of nitrogens with two attached hydrogens (primary N) is 1. The minimum absolute atomic E-state index is 0.0943. The number of nitrogens with one attached hydrogen (secondary N) is 1. The van der Waals surface area contributed by atoms with Crippen LogP contribution in [-0.2, 0) is 20.1 Å². The van der Waals surface area contributed by atoms with E-state index in [1.807, 2.05) is 47.6 Å². The molecule has 214 valence electrons. The van der Waals surface area contributed by atoms with Crippen LogP contribution in [0.4, 0.5) is 11.6 Å². The molecule has 3 atom stereocenters. The summed E-state index contributed by atoms with van der Waals surface area (Å²) in [5.74, 6) is 1.24. The van der Waals surface area contributed by atoms with Crippen LogP contribution >= 0.6 is 0 Å². The highest BCUT2D eigenvalue weighted by molar-refractivity contribution is 7.92. The number of ether oxygens (including phenoxy) is 2. The molecule has 11 heteroatoms. The fourth-order valence-corrected chi connectivity index (χ4v) is 7.40. The van der Waals surface area contributed by atoms with Gasteiger partial charge in [-0.25, -0.2) is 28.2 Å². The van der Waals surface area contributed by atoms with Crippen molar-refractivity contribution in [1.29, 1.82) is 0 Å². The van der Waals surface area contributed by atoms with Gasteiger partial charge in [-0.1, -0.05) is 6.92 Å². The zero-order valence-corrected chi connectivity index (χ0v) is 24.6. The highest BCUT2D eigenvalue weighted by Gasteiger charge is 2.40. The summed E-state index contributed by atoms with van der Waals surface area (Å²) in [5, 5.41) is 4.37. The number of nitrogens with zero attached hydrogens (tertiary/aromatic N) is 3. The Kier molecular flexibility index (Phi) is 7.02. The van der Waals surface area contributed by atoms with Gasteiger partial charge in [-0.15, -0.1) is 0 Å². The van der Waals surface area contributed by atoms with Crippen molar-refractivity contribution in [3.05, 3.63) is 47.4 Å². The smallest absolute Gasteiger partial charge is 0.340 e. The van der Waals surface area contributed by atoms with Gasteiger partial charge in [0.25, 0.3) is 0 Å². The van der Waals surface area contributed by atoms with Crippen LogP contribution in [0.1, 0.15) is 88.3 Å². The number of rotatable bonds is 7. The first kappa shape index (κ1) is 28.2. The molecular weight excluding hydrogens is 530 g/mol. The number of cyclic esters (lactones) is 1. The maximum Gasteiger partial charge on any atom is 0.340 e. The molecule has 1 fully saturated rings. The molecule has 3 aromatic heterocycles. The summed E-state index contributed by atoms with van der Waals surface area (Å²) >= 11 is 0. The van der Waals surface area contributed by atoms with Gasteiger partial charge in [0.1, 0.15) is 17.2 Å². The Morgan fingerprint density at radius 2 is 1.95 bits per heavy atom. The molecule has 0 unspecified atom stereocenters. The van der Waals surface area contributed by atoms with E-state index in [1.54, 1.807) is 24.5 Å². The average molecular weight is 568 g/mol. The van der Waals surface area contributed by atoms with Gasteiger partial charge in [-0.3, -0.25) is 0 Å². The maximum atomic E-state index is 12.5. The number of hydrogen-bond acceptors (Lipinski definition) is 10. The number of sulfone groups is 1. The van der Waals surface area contributed by atoms with E-state index in [9.17, 15) is 13.2 Å². The quantitative estimate of drug-likeness (QED) is 0.383. The molecule has 0 radical (unpaired) electrons. The molecular formula is C29H37N5O5S. The maximum absolute atomic E-state index is 12.5. The number of aromatic nitrogens is 3. The number of hydrogen-bond donors (Lipinski definition) is 2. The van der Waals surface area contributed by atoms with Crippen LogP contribution < -0.4 is 15.8 Å². The molecule has 5 rings (SSSR count). The highest BCUT2D eigenvalue weighted by Crippen LogP contribution is 2.38. The molecule has 1 saturated heterocycles. The minimum atomic E-state index is -3.07. The van der Waals surface area contributed by atoms with Gasteiger partial charge < -0.3 is 20.5 Å². The number of pyridine rings is 3. The van der Waals surface area contributed by atoms with Crippen molar-refractivity contribution in [2.24, 2.45) is 5.73 Å². The van der Waals surface area contributed by atoms with E-state index in [4.69, 9.17) is 20.2 Å². The van der Waals surface area contributed by atoms with Gasteiger partial charge in [0.2, 0.25) is 5.88 Å². The van der Waals surface area contributed by atoms with Gasteiger partial charge in [0, 0.05) is 30.3 Å². The SMILES string of the molecule is C[C@@H]1c2nc(Nc3cc4c(C(C)(C)N)cnc(O[C@@H](C)C[C@H]5CCCS5(=O)=O)c4cn3)ccc2C(=O)OC1(C)C. The predicted octanol–water partition coefficient (Wildman–Crippen LogP) is 4.75. The summed E-state index contributed by atoms with van der Waals surface area (Å²) in [4.78, 5) is 26.4. The number of fused-ring (bicyclic) bond motifs is 2. The zero-order valence-electron chi connectivity index (χ0n) is 23.8. The molecule has 0 saturated carbocycles. The monoisotopic (exact) mass is 567 g/mol. The lowest BCUT2D eigenvalue weighted by molar-refractivity contribution is -0.0189. The van der Waals surface area contributed by atoms with Gasteiger partial charge in [-0.2, -0.15) is 0 Å². The minimum Gasteiger partial charge on any atom is -0.474 e. The van der Waals surface area contributed by atoms with Crippen LogP contribution in [0.2, 0.25) is 0 Å². The molecule has 10 nitrogen and oxygen atoms in total. The van der Waals surface area contributed by atoms with Gasteiger partial charge >= 0.3 is 5.97 Å². The lowest BCUT2D eigenvalue weighted by Gasteiger charge is -2.36. The third kappa shape index (κ3) is 5.36. The van der Waals surface area contributed by atoms with Gasteiger partial charge in [0.15, 0.2) is 9.84 Å². The molecule has 0 amide bonds. The van der Waals surface area contributed by atoms with Crippen molar-refractivity contribution in [3.63, 3.8) is 0 Å². The van der Waals surface area contributed by atoms with E-state index in [0.717, 1.165) is 10.9 Å². The molecule has 0 spiro atoms. The van der Waals surface area contributed by atoms with E-state index in [1.165, 1.54) is 0 Å². The third-order valence-electron chi connectivity index (χ3n) is 8.01. The molecule has 2 aliphatic rings. The van der Waals surface area contributed by atoms with Crippen LogP contribution in [0.25, 0.3) is 10.8 Å². The predicted molar refractivity (Wildman–Crippen MR) is 154 cm³/mol. The molecule has 0 aliphatic carbocycles. The molecule has 40 heavy (non-hydrogen) atoms. The van der Waals surface area contributed by atoms with Crippen LogP contribution in [0, 0.1) is 0 Å². The van der Waals surface area contributed by atoms with Crippen LogP contribution in [0.5, 0.6) is 5.88 Å². The second-order valence-corrected chi connectivity index (χ2v) is 14.5. The average Bonchev–Trinajstić information content (AvgIpc) is 3.18. The van der Waals surface area contributed by atoms with Crippen LogP contribution in [-0.4, -0.2) is 52.0 Å². The number of carbonyl (C=O) groups excluding carboxylic acids is 1.